The molecular weight excluding hydrogens is 366 g/mol. The zero-order chi connectivity index (χ0) is 18.8. The van der Waals surface area contributed by atoms with Gasteiger partial charge in [0, 0.05) is 5.56 Å². The van der Waals surface area contributed by atoms with Gasteiger partial charge in [0.15, 0.2) is 0 Å². The molecule has 2 rings (SSSR count). The first-order valence-electron chi connectivity index (χ1n) is 6.35. The maximum atomic E-state index is 12.6. The van der Waals surface area contributed by atoms with E-state index in [0.717, 1.165) is 24.3 Å². The molecule has 0 amide bonds. The molecule has 1 heterocycles. The topological polar surface area (TPSA) is 31.4 Å². The third-order valence-electron chi connectivity index (χ3n) is 2.73. The second-order valence-corrected chi connectivity index (χ2v) is 4.50. The van der Waals surface area contributed by atoms with Crippen molar-refractivity contribution in [3.63, 3.8) is 0 Å². The van der Waals surface area contributed by atoms with E-state index in [2.05, 4.69) is 14.5 Å². The van der Waals surface area contributed by atoms with Gasteiger partial charge in [0.2, 0.25) is 5.88 Å². The zero-order valence-electron chi connectivity index (χ0n) is 11.8. The first-order chi connectivity index (χ1) is 11.5. The van der Waals surface area contributed by atoms with Gasteiger partial charge in [-0.1, -0.05) is 12.1 Å². The molecule has 1 aromatic heterocycles. The summed E-state index contributed by atoms with van der Waals surface area (Å²) in [5.41, 5.74) is -2.01. The number of halogens is 8. The lowest BCUT2D eigenvalue weighted by atomic mass is 10.1. The van der Waals surface area contributed by atoms with E-state index in [9.17, 15) is 35.1 Å². The fraction of sp³-hybridized carbons (Fsp3) is 0.214. The van der Waals surface area contributed by atoms with Gasteiger partial charge < -0.3 is 9.47 Å². The van der Waals surface area contributed by atoms with Crippen LogP contribution in [0.3, 0.4) is 0 Å². The van der Waals surface area contributed by atoms with E-state index < -0.39 is 36.5 Å². The van der Waals surface area contributed by atoms with Crippen LogP contribution in [-0.2, 0) is 6.18 Å². The molecule has 2 aromatic rings. The van der Waals surface area contributed by atoms with Crippen molar-refractivity contribution in [2.24, 2.45) is 0 Å². The lowest BCUT2D eigenvalue weighted by Crippen LogP contribution is -2.17. The van der Waals surface area contributed by atoms with Crippen LogP contribution in [0, 0.1) is 0 Å². The van der Waals surface area contributed by atoms with Gasteiger partial charge in [0.25, 0.3) is 0 Å². The Morgan fingerprint density at radius 2 is 1.60 bits per heavy atom. The monoisotopic (exact) mass is 373 g/mol. The molecule has 0 unspecified atom stereocenters. The minimum atomic E-state index is -5.00. The van der Waals surface area contributed by atoms with Gasteiger partial charge in [-0.2, -0.15) is 22.0 Å². The second kappa shape index (κ2) is 6.73. The molecule has 0 fully saturated rings. The van der Waals surface area contributed by atoms with Crippen LogP contribution in [-0.4, -0.2) is 18.0 Å². The van der Waals surface area contributed by atoms with E-state index >= 15 is 0 Å². The van der Waals surface area contributed by atoms with Gasteiger partial charge in [-0.25, -0.2) is 4.98 Å². The van der Waals surface area contributed by atoms with Gasteiger partial charge in [-0.15, -0.1) is 13.2 Å². The molecule has 0 spiro atoms. The SMILES string of the molecule is FC(F)Oc1nc(C(F)(F)F)ccc1-c1cccc(OC(F)(F)F)c1. The smallest absolute Gasteiger partial charge is 0.416 e. The van der Waals surface area contributed by atoms with Crippen molar-refractivity contribution >= 4 is 0 Å². The Labute approximate surface area is 134 Å². The number of rotatable bonds is 4. The Morgan fingerprint density at radius 1 is 0.920 bits per heavy atom. The maximum absolute atomic E-state index is 12.6. The summed E-state index contributed by atoms with van der Waals surface area (Å²) in [5.74, 6) is -1.76. The largest absolute Gasteiger partial charge is 0.573 e. The van der Waals surface area contributed by atoms with Gasteiger partial charge in [0.05, 0.1) is 0 Å². The second-order valence-electron chi connectivity index (χ2n) is 4.50. The summed E-state index contributed by atoms with van der Waals surface area (Å²) in [4.78, 5) is 2.97. The highest BCUT2D eigenvalue weighted by Crippen LogP contribution is 2.36. The van der Waals surface area contributed by atoms with Crippen LogP contribution in [0.5, 0.6) is 11.6 Å². The number of ether oxygens (including phenoxy) is 2. The molecule has 0 N–H and O–H groups in total. The molecule has 25 heavy (non-hydrogen) atoms. The number of alkyl halides is 8. The lowest BCUT2D eigenvalue weighted by Gasteiger charge is -2.14. The number of benzene rings is 1. The van der Waals surface area contributed by atoms with Gasteiger partial charge in [-0.05, 0) is 29.8 Å². The van der Waals surface area contributed by atoms with Crippen molar-refractivity contribution in [2.75, 3.05) is 0 Å². The van der Waals surface area contributed by atoms with Crippen molar-refractivity contribution in [3.05, 3.63) is 42.1 Å². The molecule has 0 aliphatic carbocycles. The van der Waals surface area contributed by atoms with Crippen LogP contribution in [0.4, 0.5) is 35.1 Å². The van der Waals surface area contributed by atoms with Crippen LogP contribution in [0.25, 0.3) is 11.1 Å². The molecular formula is C14H7F8NO2. The molecule has 0 saturated carbocycles. The summed E-state index contributed by atoms with van der Waals surface area (Å²) in [6, 6.07) is 5.26. The summed E-state index contributed by atoms with van der Waals surface area (Å²) < 4.78 is 107. The van der Waals surface area contributed by atoms with Crippen molar-refractivity contribution in [1.82, 2.24) is 4.98 Å². The van der Waals surface area contributed by atoms with Crippen molar-refractivity contribution < 1.29 is 44.6 Å². The minimum absolute atomic E-state index is 0.154. The number of aromatic nitrogens is 1. The summed E-state index contributed by atoms with van der Waals surface area (Å²) in [6.07, 6.45) is -9.92. The lowest BCUT2D eigenvalue weighted by molar-refractivity contribution is -0.274. The Kier molecular flexibility index (Phi) is 5.04. The van der Waals surface area contributed by atoms with Crippen LogP contribution >= 0.6 is 0 Å². The normalized spacial score (nSPS) is 12.4. The van der Waals surface area contributed by atoms with E-state index in [1.807, 2.05) is 0 Å². The van der Waals surface area contributed by atoms with Crippen LogP contribution in [0.1, 0.15) is 5.69 Å². The number of hydrogen-bond acceptors (Lipinski definition) is 3. The third-order valence-corrected chi connectivity index (χ3v) is 2.73. The fourth-order valence-corrected chi connectivity index (χ4v) is 1.85. The quantitative estimate of drug-likeness (QED) is 0.685. The first kappa shape index (κ1) is 18.7. The number of hydrogen-bond donors (Lipinski definition) is 0. The van der Waals surface area contributed by atoms with Gasteiger partial charge >= 0.3 is 19.2 Å². The number of nitrogens with zero attached hydrogens (tertiary/aromatic N) is 1. The summed E-state index contributed by atoms with van der Waals surface area (Å²) in [7, 11) is 0. The minimum Gasteiger partial charge on any atom is -0.416 e. The molecule has 0 aliphatic rings. The summed E-state index contributed by atoms with van der Waals surface area (Å²) in [6.45, 7) is -3.48. The Morgan fingerprint density at radius 3 is 2.16 bits per heavy atom. The molecule has 0 saturated heterocycles. The average molecular weight is 373 g/mol. The van der Waals surface area contributed by atoms with Crippen LogP contribution in [0.15, 0.2) is 36.4 Å². The van der Waals surface area contributed by atoms with Crippen LogP contribution < -0.4 is 9.47 Å². The Bertz CT molecular complexity index is 742. The maximum Gasteiger partial charge on any atom is 0.573 e. The van der Waals surface area contributed by atoms with E-state index in [1.54, 1.807) is 0 Å². The molecule has 0 aliphatic heterocycles. The summed E-state index contributed by atoms with van der Waals surface area (Å²) >= 11 is 0. The zero-order valence-corrected chi connectivity index (χ0v) is 11.8. The fourth-order valence-electron chi connectivity index (χ4n) is 1.85. The molecule has 0 atom stereocenters. The summed E-state index contributed by atoms with van der Waals surface area (Å²) in [5, 5.41) is 0. The van der Waals surface area contributed by atoms with Crippen LogP contribution in [0.2, 0.25) is 0 Å². The molecule has 11 heteroatoms. The van der Waals surface area contributed by atoms with Crippen molar-refractivity contribution in [1.29, 1.82) is 0 Å². The highest BCUT2D eigenvalue weighted by atomic mass is 19.4. The van der Waals surface area contributed by atoms with E-state index in [1.165, 1.54) is 6.07 Å². The van der Waals surface area contributed by atoms with Crippen molar-refractivity contribution in [2.45, 2.75) is 19.2 Å². The van der Waals surface area contributed by atoms with E-state index in [-0.39, 0.29) is 11.1 Å². The highest BCUT2D eigenvalue weighted by molar-refractivity contribution is 5.70. The van der Waals surface area contributed by atoms with Crippen molar-refractivity contribution in [3.8, 4) is 22.8 Å². The molecule has 3 nitrogen and oxygen atoms in total. The molecule has 136 valence electrons. The van der Waals surface area contributed by atoms with E-state index in [4.69, 9.17) is 0 Å². The Balaban J connectivity index is 2.49. The average Bonchev–Trinajstić information content (AvgIpc) is 2.44. The Hall–Kier alpha value is -2.59. The van der Waals surface area contributed by atoms with Gasteiger partial charge in [-0.3, -0.25) is 0 Å². The molecule has 1 aromatic carbocycles. The van der Waals surface area contributed by atoms with E-state index in [0.29, 0.717) is 6.07 Å². The predicted octanol–water partition coefficient (Wildman–Crippen LogP) is 5.27. The first-order valence-corrected chi connectivity index (χ1v) is 6.35. The number of pyridine rings is 1. The van der Waals surface area contributed by atoms with Gasteiger partial charge in [0.1, 0.15) is 11.4 Å². The molecule has 0 radical (unpaired) electrons. The highest BCUT2D eigenvalue weighted by Gasteiger charge is 2.34. The molecule has 0 bridgehead atoms. The predicted molar refractivity (Wildman–Crippen MR) is 68.0 cm³/mol. The third kappa shape index (κ3) is 5.19. The standard InChI is InChI=1S/C14H7F8NO2/c15-12(16)24-11-9(4-5-10(23-11)13(17,18)19)7-2-1-3-8(6-7)25-14(20,21)22/h1-6,12H.